The summed E-state index contributed by atoms with van der Waals surface area (Å²) in [7, 11) is 1.70. The van der Waals surface area contributed by atoms with Crippen LogP contribution in [0.15, 0.2) is 12.7 Å². The average Bonchev–Trinajstić information content (AvgIpc) is 3.00. The maximum Gasteiger partial charge on any atom is 0.168 e. The molecular formula is C16H30N6O. The Bertz CT molecular complexity index is 467. The van der Waals surface area contributed by atoms with Gasteiger partial charge in [-0.2, -0.15) is 0 Å². The molecule has 0 radical (unpaired) electrons. The third-order valence-corrected chi connectivity index (χ3v) is 4.29. The Morgan fingerprint density at radius 1 is 1.26 bits per heavy atom. The number of ether oxygens (including phenoxy) is 1. The monoisotopic (exact) mass is 322 g/mol. The molecule has 0 aromatic carbocycles. The highest BCUT2D eigenvalue weighted by molar-refractivity contribution is 4.96. The lowest BCUT2D eigenvalue weighted by Gasteiger charge is -2.39. The normalized spacial score (nSPS) is 18.4. The van der Waals surface area contributed by atoms with Crippen molar-refractivity contribution < 1.29 is 4.74 Å². The highest BCUT2D eigenvalue weighted by atomic mass is 16.5. The van der Waals surface area contributed by atoms with Gasteiger partial charge in [-0.15, -0.1) is 11.7 Å². The zero-order chi connectivity index (χ0) is 16.7. The minimum Gasteiger partial charge on any atom is -0.383 e. The molecule has 0 aliphatic carbocycles. The van der Waals surface area contributed by atoms with Crippen molar-refractivity contribution in [2.75, 3.05) is 46.4 Å². The number of tetrazole rings is 1. The molecule has 0 saturated carbocycles. The van der Waals surface area contributed by atoms with Gasteiger partial charge in [-0.05, 0) is 22.8 Å². The van der Waals surface area contributed by atoms with E-state index in [2.05, 4.69) is 45.8 Å². The fraction of sp³-hybridized carbons (Fsp3) is 0.812. The average molecular weight is 322 g/mol. The molecule has 2 heterocycles. The Labute approximate surface area is 139 Å². The molecule has 7 nitrogen and oxygen atoms in total. The van der Waals surface area contributed by atoms with Gasteiger partial charge in [-0.3, -0.25) is 9.80 Å². The molecule has 1 atom stereocenters. The Balaban J connectivity index is 2.08. The number of methoxy groups -OCH3 is 1. The molecule has 1 aliphatic heterocycles. The highest BCUT2D eigenvalue weighted by Gasteiger charge is 2.29. The molecule has 7 heteroatoms. The molecule has 130 valence electrons. The third kappa shape index (κ3) is 5.09. The second-order valence-electron chi connectivity index (χ2n) is 6.52. The molecule has 0 amide bonds. The van der Waals surface area contributed by atoms with Gasteiger partial charge in [0, 0.05) is 39.8 Å². The molecular weight excluding hydrogens is 292 g/mol. The molecule has 1 aromatic heterocycles. The van der Waals surface area contributed by atoms with E-state index in [4.69, 9.17) is 4.74 Å². The van der Waals surface area contributed by atoms with E-state index in [1.54, 1.807) is 7.11 Å². The first kappa shape index (κ1) is 18.0. The lowest BCUT2D eigenvalue weighted by Crippen LogP contribution is -2.48. The minimum atomic E-state index is 0.271. The number of aromatic nitrogens is 4. The lowest BCUT2D eigenvalue weighted by molar-refractivity contribution is 0.0850. The van der Waals surface area contributed by atoms with Crippen molar-refractivity contribution in [2.45, 2.75) is 32.9 Å². The Morgan fingerprint density at radius 3 is 2.61 bits per heavy atom. The summed E-state index contributed by atoms with van der Waals surface area (Å²) in [5.74, 6) is 1.56. The molecule has 0 unspecified atom stereocenters. The van der Waals surface area contributed by atoms with E-state index >= 15 is 0 Å². The fourth-order valence-electron chi connectivity index (χ4n) is 3.09. The first-order valence-corrected chi connectivity index (χ1v) is 8.48. The van der Waals surface area contributed by atoms with Crippen LogP contribution < -0.4 is 0 Å². The van der Waals surface area contributed by atoms with Crippen molar-refractivity contribution in [2.24, 2.45) is 5.92 Å². The van der Waals surface area contributed by atoms with Crippen LogP contribution in [0.25, 0.3) is 0 Å². The van der Waals surface area contributed by atoms with Crippen molar-refractivity contribution >= 4 is 0 Å². The van der Waals surface area contributed by atoms with Crippen LogP contribution in [0.4, 0.5) is 0 Å². The first-order chi connectivity index (χ1) is 11.2. The zero-order valence-corrected chi connectivity index (χ0v) is 14.7. The molecule has 0 N–H and O–H groups in total. The molecule has 23 heavy (non-hydrogen) atoms. The van der Waals surface area contributed by atoms with Gasteiger partial charge < -0.3 is 4.74 Å². The van der Waals surface area contributed by atoms with E-state index in [1.165, 1.54) is 0 Å². The summed E-state index contributed by atoms with van der Waals surface area (Å²) in [6, 6.07) is 0.271. The predicted octanol–water partition coefficient (Wildman–Crippen LogP) is 1.21. The van der Waals surface area contributed by atoms with Gasteiger partial charge in [-0.1, -0.05) is 19.9 Å². The first-order valence-electron chi connectivity index (χ1n) is 8.48. The lowest BCUT2D eigenvalue weighted by atomic mass is 10.0. The van der Waals surface area contributed by atoms with E-state index in [1.807, 2.05) is 10.8 Å². The molecule has 1 fully saturated rings. The second kappa shape index (κ2) is 9.10. The van der Waals surface area contributed by atoms with E-state index in [0.29, 0.717) is 19.1 Å². The van der Waals surface area contributed by atoms with Crippen LogP contribution in [-0.4, -0.2) is 76.4 Å². The van der Waals surface area contributed by atoms with Crippen LogP contribution in [0.1, 0.15) is 32.1 Å². The zero-order valence-electron chi connectivity index (χ0n) is 14.7. The molecule has 1 aliphatic rings. The Morgan fingerprint density at radius 2 is 2.00 bits per heavy atom. The molecule has 1 saturated heterocycles. The van der Waals surface area contributed by atoms with Gasteiger partial charge >= 0.3 is 0 Å². The minimum absolute atomic E-state index is 0.271. The summed E-state index contributed by atoms with van der Waals surface area (Å²) >= 11 is 0. The smallest absolute Gasteiger partial charge is 0.168 e. The van der Waals surface area contributed by atoms with Gasteiger partial charge in [0.1, 0.15) is 0 Å². The van der Waals surface area contributed by atoms with Crippen LogP contribution >= 0.6 is 0 Å². The van der Waals surface area contributed by atoms with E-state index < -0.39 is 0 Å². The number of rotatable bonds is 9. The Kier molecular flexibility index (Phi) is 7.14. The summed E-state index contributed by atoms with van der Waals surface area (Å²) < 4.78 is 7.07. The fourth-order valence-corrected chi connectivity index (χ4v) is 3.09. The van der Waals surface area contributed by atoms with Crippen LogP contribution in [0.2, 0.25) is 0 Å². The van der Waals surface area contributed by atoms with E-state index in [-0.39, 0.29) is 6.04 Å². The highest BCUT2D eigenvalue weighted by Crippen LogP contribution is 2.27. The van der Waals surface area contributed by atoms with Crippen molar-refractivity contribution in [1.82, 2.24) is 30.0 Å². The molecule has 0 bridgehead atoms. The molecule has 2 rings (SSSR count). The number of piperazine rings is 1. The maximum absolute atomic E-state index is 5.17. The quantitative estimate of drug-likeness (QED) is 0.637. The second-order valence-corrected chi connectivity index (χ2v) is 6.52. The third-order valence-electron chi connectivity index (χ3n) is 4.29. The summed E-state index contributed by atoms with van der Waals surface area (Å²) in [4.78, 5) is 4.96. The van der Waals surface area contributed by atoms with Crippen molar-refractivity contribution in [1.29, 1.82) is 0 Å². The maximum atomic E-state index is 5.17. The Hall–Kier alpha value is -1.31. The summed E-state index contributed by atoms with van der Waals surface area (Å²) in [6.07, 6.45) is 3.04. The molecule has 1 aromatic rings. The standard InChI is InChI=1S/C16H30N6O/c1-5-6-20-7-9-21(10-8-20)15(13-14(2)3)16-17-18-19-22(16)11-12-23-4/h5,14-15H,1,6-13H2,2-4H3/t15-/m1/s1. The SMILES string of the molecule is C=CCN1CCN([C@H](CC(C)C)c2nnnn2CCOC)CC1. The summed E-state index contributed by atoms with van der Waals surface area (Å²) in [5.41, 5.74) is 0. The van der Waals surface area contributed by atoms with Gasteiger partial charge in [0.2, 0.25) is 0 Å². The van der Waals surface area contributed by atoms with Gasteiger partial charge in [-0.25, -0.2) is 4.68 Å². The van der Waals surface area contributed by atoms with Gasteiger partial charge in [0.05, 0.1) is 19.2 Å². The predicted molar refractivity (Wildman–Crippen MR) is 90.1 cm³/mol. The van der Waals surface area contributed by atoms with Crippen LogP contribution in [0, 0.1) is 5.92 Å². The van der Waals surface area contributed by atoms with Crippen LogP contribution in [-0.2, 0) is 11.3 Å². The van der Waals surface area contributed by atoms with Crippen molar-refractivity contribution in [3.8, 4) is 0 Å². The van der Waals surface area contributed by atoms with Crippen LogP contribution in [0.5, 0.6) is 0 Å². The number of hydrogen-bond acceptors (Lipinski definition) is 6. The number of nitrogens with zero attached hydrogens (tertiary/aromatic N) is 6. The van der Waals surface area contributed by atoms with E-state index in [9.17, 15) is 0 Å². The number of hydrogen-bond donors (Lipinski definition) is 0. The van der Waals surface area contributed by atoms with E-state index in [0.717, 1.165) is 45.0 Å². The van der Waals surface area contributed by atoms with Crippen molar-refractivity contribution in [3.05, 3.63) is 18.5 Å². The molecule has 0 spiro atoms. The largest absolute Gasteiger partial charge is 0.383 e. The summed E-state index contributed by atoms with van der Waals surface area (Å²) in [6.45, 7) is 14.9. The van der Waals surface area contributed by atoms with Gasteiger partial charge in [0.15, 0.2) is 5.82 Å². The topological polar surface area (TPSA) is 59.3 Å². The van der Waals surface area contributed by atoms with Gasteiger partial charge in [0.25, 0.3) is 0 Å². The van der Waals surface area contributed by atoms with Crippen molar-refractivity contribution in [3.63, 3.8) is 0 Å². The summed E-state index contributed by atoms with van der Waals surface area (Å²) in [5, 5.41) is 12.4. The van der Waals surface area contributed by atoms with Crippen LogP contribution in [0.3, 0.4) is 0 Å².